The second kappa shape index (κ2) is 3.96. The first-order chi connectivity index (χ1) is 6.82. The maximum Gasteiger partial charge on any atom is 0.410 e. The SMILES string of the molecule is CC(C)(C)OC(=O)N1CC(CN)(CF)C1. The summed E-state index contributed by atoms with van der Waals surface area (Å²) in [6.07, 6.45) is -0.389. The van der Waals surface area contributed by atoms with Crippen molar-refractivity contribution < 1.29 is 13.9 Å². The molecule has 4 nitrogen and oxygen atoms in total. The molecule has 0 aromatic rings. The van der Waals surface area contributed by atoms with E-state index in [1.807, 2.05) is 0 Å². The summed E-state index contributed by atoms with van der Waals surface area (Å²) in [5, 5.41) is 0. The highest BCUT2D eigenvalue weighted by Gasteiger charge is 2.45. The van der Waals surface area contributed by atoms with Crippen molar-refractivity contribution in [3.63, 3.8) is 0 Å². The molecule has 5 heteroatoms. The molecule has 0 atom stereocenters. The minimum atomic E-state index is -0.531. The summed E-state index contributed by atoms with van der Waals surface area (Å²) in [7, 11) is 0. The van der Waals surface area contributed by atoms with Crippen molar-refractivity contribution in [1.82, 2.24) is 4.90 Å². The van der Waals surface area contributed by atoms with Gasteiger partial charge in [0.15, 0.2) is 0 Å². The Labute approximate surface area is 89.6 Å². The predicted octanol–water partition coefficient (Wildman–Crippen LogP) is 1.15. The molecule has 1 fully saturated rings. The van der Waals surface area contributed by atoms with Crippen LogP contribution in [0.2, 0.25) is 0 Å². The monoisotopic (exact) mass is 218 g/mol. The molecule has 0 aromatic carbocycles. The van der Waals surface area contributed by atoms with Crippen LogP contribution in [0.5, 0.6) is 0 Å². The van der Waals surface area contributed by atoms with E-state index in [1.54, 1.807) is 20.8 Å². The molecular weight excluding hydrogens is 199 g/mol. The standard InChI is InChI=1S/C10H19FN2O2/c1-9(2,3)15-8(14)13-6-10(4-11,5-12)7-13/h4-7,12H2,1-3H3. The van der Waals surface area contributed by atoms with Crippen LogP contribution in [-0.4, -0.2) is 42.9 Å². The van der Waals surface area contributed by atoms with Crippen molar-refractivity contribution in [1.29, 1.82) is 0 Å². The van der Waals surface area contributed by atoms with Gasteiger partial charge in [0.05, 0.1) is 6.67 Å². The number of alkyl halides is 1. The van der Waals surface area contributed by atoms with Crippen LogP contribution in [0.15, 0.2) is 0 Å². The van der Waals surface area contributed by atoms with Crippen molar-refractivity contribution >= 4 is 6.09 Å². The molecule has 1 rings (SSSR count). The first-order valence-electron chi connectivity index (χ1n) is 5.06. The lowest BCUT2D eigenvalue weighted by atomic mass is 9.81. The van der Waals surface area contributed by atoms with Gasteiger partial charge in [-0.2, -0.15) is 0 Å². The Hall–Kier alpha value is -0.840. The van der Waals surface area contributed by atoms with Crippen molar-refractivity contribution in [2.45, 2.75) is 26.4 Å². The average Bonchev–Trinajstić information content (AvgIpc) is 2.00. The summed E-state index contributed by atoms with van der Waals surface area (Å²) in [4.78, 5) is 13.0. The second-order valence-electron chi connectivity index (χ2n) is 5.17. The number of nitrogens with two attached hydrogens (primary N) is 1. The predicted molar refractivity (Wildman–Crippen MR) is 55.3 cm³/mol. The minimum Gasteiger partial charge on any atom is -0.444 e. The second-order valence-corrected chi connectivity index (χ2v) is 5.17. The van der Waals surface area contributed by atoms with Crippen LogP contribution < -0.4 is 5.73 Å². The molecule has 15 heavy (non-hydrogen) atoms. The fourth-order valence-electron chi connectivity index (χ4n) is 1.49. The number of halogens is 1. The van der Waals surface area contributed by atoms with Gasteiger partial charge < -0.3 is 15.4 Å². The van der Waals surface area contributed by atoms with Gasteiger partial charge in [-0.3, -0.25) is 4.39 Å². The molecule has 0 saturated carbocycles. The fourth-order valence-corrected chi connectivity index (χ4v) is 1.49. The minimum absolute atomic E-state index is 0.267. The number of rotatable bonds is 2. The molecule has 0 aliphatic carbocycles. The van der Waals surface area contributed by atoms with Gasteiger partial charge in [0, 0.05) is 25.0 Å². The molecule has 1 aliphatic rings. The molecule has 88 valence electrons. The summed E-state index contributed by atoms with van der Waals surface area (Å²) in [5.74, 6) is 0. The number of amides is 1. The van der Waals surface area contributed by atoms with Gasteiger partial charge in [-0.25, -0.2) is 4.79 Å². The maximum atomic E-state index is 12.6. The smallest absolute Gasteiger partial charge is 0.410 e. The molecule has 1 saturated heterocycles. The molecule has 1 heterocycles. The van der Waals surface area contributed by atoms with E-state index in [1.165, 1.54) is 4.90 Å². The first kappa shape index (κ1) is 12.2. The largest absolute Gasteiger partial charge is 0.444 e. The fraction of sp³-hybridized carbons (Fsp3) is 0.900. The highest BCUT2D eigenvalue weighted by Crippen LogP contribution is 2.30. The lowest BCUT2D eigenvalue weighted by Crippen LogP contribution is -2.63. The lowest BCUT2D eigenvalue weighted by Gasteiger charge is -2.47. The Balaban J connectivity index is 2.42. The van der Waals surface area contributed by atoms with E-state index >= 15 is 0 Å². The number of carbonyl (C=O) groups is 1. The summed E-state index contributed by atoms with van der Waals surface area (Å²) in [6.45, 7) is 5.90. The summed E-state index contributed by atoms with van der Waals surface area (Å²) < 4.78 is 17.8. The van der Waals surface area contributed by atoms with Crippen molar-refractivity contribution in [2.75, 3.05) is 26.3 Å². The van der Waals surface area contributed by atoms with E-state index in [0.29, 0.717) is 13.1 Å². The topological polar surface area (TPSA) is 55.6 Å². The van der Waals surface area contributed by atoms with Gasteiger partial charge >= 0.3 is 6.09 Å². The third-order valence-electron chi connectivity index (χ3n) is 2.42. The Morgan fingerprint density at radius 2 is 2.07 bits per heavy atom. The van der Waals surface area contributed by atoms with E-state index in [2.05, 4.69) is 0 Å². The number of nitrogens with zero attached hydrogens (tertiary/aromatic N) is 1. The zero-order valence-corrected chi connectivity index (χ0v) is 9.55. The third kappa shape index (κ3) is 2.81. The van der Waals surface area contributed by atoms with Gasteiger partial charge in [0.1, 0.15) is 5.60 Å². The normalized spacial score (nSPS) is 19.7. The third-order valence-corrected chi connectivity index (χ3v) is 2.42. The Morgan fingerprint density at radius 3 is 2.40 bits per heavy atom. The van der Waals surface area contributed by atoms with Crippen LogP contribution >= 0.6 is 0 Å². The summed E-state index contributed by atoms with van der Waals surface area (Å²) >= 11 is 0. The number of carbonyl (C=O) groups excluding carboxylic acids is 1. The summed E-state index contributed by atoms with van der Waals surface area (Å²) in [6, 6.07) is 0. The molecular formula is C10H19FN2O2. The molecule has 0 aromatic heterocycles. The summed E-state index contributed by atoms with van der Waals surface area (Å²) in [5.41, 5.74) is 4.41. The van der Waals surface area contributed by atoms with Gasteiger partial charge in [-0.15, -0.1) is 0 Å². The Morgan fingerprint density at radius 1 is 1.53 bits per heavy atom. The lowest BCUT2D eigenvalue weighted by molar-refractivity contribution is -0.0390. The molecule has 0 unspecified atom stereocenters. The van der Waals surface area contributed by atoms with E-state index in [9.17, 15) is 9.18 Å². The molecule has 0 radical (unpaired) electrons. The first-order valence-corrected chi connectivity index (χ1v) is 5.06. The highest BCUT2D eigenvalue weighted by molar-refractivity contribution is 5.69. The zero-order valence-electron chi connectivity index (χ0n) is 9.55. The Kier molecular flexibility index (Phi) is 3.23. The zero-order chi connectivity index (χ0) is 11.7. The Bertz CT molecular complexity index is 238. The van der Waals surface area contributed by atoms with E-state index in [4.69, 9.17) is 10.5 Å². The van der Waals surface area contributed by atoms with Crippen molar-refractivity contribution in [3.8, 4) is 0 Å². The number of likely N-dealkylation sites (tertiary alicyclic amines) is 1. The number of hydrogen-bond donors (Lipinski definition) is 1. The van der Waals surface area contributed by atoms with Crippen molar-refractivity contribution in [3.05, 3.63) is 0 Å². The van der Waals surface area contributed by atoms with Crippen LogP contribution in [0.4, 0.5) is 9.18 Å². The van der Waals surface area contributed by atoms with E-state index < -0.39 is 17.7 Å². The van der Waals surface area contributed by atoms with E-state index in [0.717, 1.165) is 0 Å². The van der Waals surface area contributed by atoms with Crippen LogP contribution in [0.1, 0.15) is 20.8 Å². The van der Waals surface area contributed by atoms with Crippen LogP contribution in [0.25, 0.3) is 0 Å². The molecule has 1 aliphatic heterocycles. The average molecular weight is 218 g/mol. The number of ether oxygens (including phenoxy) is 1. The van der Waals surface area contributed by atoms with Crippen molar-refractivity contribution in [2.24, 2.45) is 11.1 Å². The quantitative estimate of drug-likeness (QED) is 0.756. The van der Waals surface area contributed by atoms with Gasteiger partial charge in [-0.1, -0.05) is 0 Å². The highest BCUT2D eigenvalue weighted by atomic mass is 19.1. The maximum absolute atomic E-state index is 12.6. The van der Waals surface area contributed by atoms with Gasteiger partial charge in [0.2, 0.25) is 0 Å². The van der Waals surface area contributed by atoms with Crippen LogP contribution in [0, 0.1) is 5.41 Å². The van der Waals surface area contributed by atoms with Crippen LogP contribution in [-0.2, 0) is 4.74 Å². The number of hydrogen-bond acceptors (Lipinski definition) is 3. The van der Waals surface area contributed by atoms with Gasteiger partial charge in [-0.05, 0) is 20.8 Å². The van der Waals surface area contributed by atoms with E-state index in [-0.39, 0.29) is 12.6 Å². The van der Waals surface area contributed by atoms with Gasteiger partial charge in [0.25, 0.3) is 0 Å². The molecule has 0 bridgehead atoms. The molecule has 2 N–H and O–H groups in total. The molecule has 1 amide bonds. The van der Waals surface area contributed by atoms with Crippen LogP contribution in [0.3, 0.4) is 0 Å². The molecule has 0 spiro atoms.